The first-order valence-corrected chi connectivity index (χ1v) is 30.9. The van der Waals surface area contributed by atoms with Crippen molar-refractivity contribution in [1.29, 1.82) is 0 Å². The van der Waals surface area contributed by atoms with Gasteiger partial charge in [0.15, 0.2) is 0 Å². The predicted molar refractivity (Wildman–Crippen MR) is 311 cm³/mol. The summed E-state index contributed by atoms with van der Waals surface area (Å²) in [7, 11) is 1.69. The molecule has 0 saturated heterocycles. The topological polar surface area (TPSA) is 236 Å². The lowest BCUT2D eigenvalue weighted by Crippen LogP contribution is -2.38. The highest BCUT2D eigenvalue weighted by atomic mass is 35.5. The minimum absolute atomic E-state index is 0.0684. The molecule has 26 heteroatoms. The van der Waals surface area contributed by atoms with E-state index in [2.05, 4.69) is 30.7 Å². The molecular formula is C56H80Cl2F2N8O12S2. The molecule has 0 heterocycles. The zero-order valence-corrected chi connectivity index (χ0v) is 51.1. The highest BCUT2D eigenvalue weighted by Gasteiger charge is 2.39. The van der Waals surface area contributed by atoms with Gasteiger partial charge in [-0.05, 0) is 157 Å². The summed E-state index contributed by atoms with van der Waals surface area (Å²) in [5.74, 6) is 0.326. The van der Waals surface area contributed by atoms with Crippen molar-refractivity contribution in [2.75, 3.05) is 121 Å². The number of likely N-dealkylation sites (N-methyl/N-ethyl adjacent to an activating group) is 2. The van der Waals surface area contributed by atoms with Crippen LogP contribution >= 0.6 is 23.2 Å². The van der Waals surface area contributed by atoms with E-state index in [0.29, 0.717) is 114 Å². The Balaban J connectivity index is 0.000000314. The third kappa shape index (κ3) is 20.7. The van der Waals surface area contributed by atoms with Crippen LogP contribution in [0.25, 0.3) is 0 Å². The molecule has 6 rings (SSSR count). The Morgan fingerprint density at radius 1 is 0.561 bits per heavy atom. The summed E-state index contributed by atoms with van der Waals surface area (Å²) in [6.45, 7) is 9.97. The van der Waals surface area contributed by atoms with Crippen LogP contribution in [0.4, 0.5) is 18.4 Å². The van der Waals surface area contributed by atoms with Gasteiger partial charge >= 0.3 is 12.1 Å². The monoisotopic (exact) mass is 1230 g/mol. The second-order valence-electron chi connectivity index (χ2n) is 20.0. The lowest BCUT2D eigenvalue weighted by Gasteiger charge is -2.28. The van der Waals surface area contributed by atoms with Gasteiger partial charge in [-0.1, -0.05) is 30.1 Å². The van der Waals surface area contributed by atoms with Gasteiger partial charge in [-0.15, -0.1) is 0 Å². The minimum Gasteiger partial charge on any atom is -0.484 e. The van der Waals surface area contributed by atoms with Gasteiger partial charge in [0.1, 0.15) is 35.3 Å². The SMILES string of the molecule is CCCOCCOCCNS(=O)(=O)c1ccc(O[C@H]2c3cc(Cl)cc(F)c3C[C@@H]2N(C)C)c(C)c1.CNC(=O)NCCCCNC(=O)NCCOCCOCCNS(=O)(=O)c1ccc(O[C@H]2c3cc(Cl)cc(F)c3C[C@@H]2N(C)C)c(C)c1. The van der Waals surface area contributed by atoms with E-state index in [0.717, 1.165) is 19.3 Å². The van der Waals surface area contributed by atoms with E-state index in [-0.39, 0.29) is 85.1 Å². The van der Waals surface area contributed by atoms with Crippen molar-refractivity contribution < 1.29 is 63.6 Å². The number of aryl methyl sites for hydroxylation is 2. The number of benzene rings is 4. The lowest BCUT2D eigenvalue weighted by atomic mass is 10.1. The van der Waals surface area contributed by atoms with Crippen molar-refractivity contribution in [2.24, 2.45) is 0 Å². The fourth-order valence-corrected chi connectivity index (χ4v) is 11.7. The average Bonchev–Trinajstić information content (AvgIpc) is 4.21. The van der Waals surface area contributed by atoms with E-state index >= 15 is 0 Å². The summed E-state index contributed by atoms with van der Waals surface area (Å²) in [6, 6.07) is 14.7. The third-order valence-electron chi connectivity index (χ3n) is 13.4. The van der Waals surface area contributed by atoms with Gasteiger partial charge in [-0.25, -0.2) is 44.6 Å². The summed E-state index contributed by atoms with van der Waals surface area (Å²) in [4.78, 5) is 27.0. The maximum atomic E-state index is 14.6. The number of hydrogen-bond acceptors (Lipinski definition) is 14. The molecule has 0 bridgehead atoms. The van der Waals surface area contributed by atoms with Gasteiger partial charge in [0.05, 0.1) is 68.1 Å². The van der Waals surface area contributed by atoms with E-state index in [1.807, 2.05) is 44.9 Å². The minimum atomic E-state index is -3.80. The van der Waals surface area contributed by atoms with Crippen LogP contribution in [-0.4, -0.2) is 172 Å². The van der Waals surface area contributed by atoms with Gasteiger partial charge in [0.25, 0.3) is 0 Å². The first kappa shape index (κ1) is 67.8. The molecule has 4 aromatic rings. The molecule has 0 aromatic heterocycles. The second-order valence-corrected chi connectivity index (χ2v) is 24.4. The highest BCUT2D eigenvalue weighted by molar-refractivity contribution is 7.89. The van der Waals surface area contributed by atoms with Crippen LogP contribution in [-0.2, 0) is 51.8 Å². The summed E-state index contributed by atoms with van der Waals surface area (Å²) >= 11 is 12.3. The maximum Gasteiger partial charge on any atom is 0.314 e. The molecule has 0 unspecified atom stereocenters. The number of hydrogen-bond donors (Lipinski definition) is 6. The van der Waals surface area contributed by atoms with Crippen LogP contribution in [0.1, 0.15) is 71.8 Å². The van der Waals surface area contributed by atoms with E-state index < -0.39 is 32.3 Å². The molecule has 4 amide bonds. The summed E-state index contributed by atoms with van der Waals surface area (Å²) in [6.07, 6.45) is 2.48. The quantitative estimate of drug-likeness (QED) is 0.0275. The van der Waals surface area contributed by atoms with Crippen LogP contribution in [0.2, 0.25) is 10.0 Å². The largest absolute Gasteiger partial charge is 0.484 e. The number of fused-ring (bicyclic) bond motifs is 2. The van der Waals surface area contributed by atoms with Crippen molar-refractivity contribution in [3.8, 4) is 11.5 Å². The van der Waals surface area contributed by atoms with Crippen LogP contribution in [0, 0.1) is 25.5 Å². The first-order valence-electron chi connectivity index (χ1n) is 27.2. The molecule has 456 valence electrons. The summed E-state index contributed by atoms with van der Waals surface area (Å²) < 4.78 is 120. The summed E-state index contributed by atoms with van der Waals surface area (Å²) in [5, 5.41) is 11.2. The van der Waals surface area contributed by atoms with Crippen LogP contribution in [0.5, 0.6) is 11.5 Å². The number of carbonyl (C=O) groups is 2. The summed E-state index contributed by atoms with van der Waals surface area (Å²) in [5.41, 5.74) is 3.85. The Labute approximate surface area is 492 Å². The number of halogens is 4. The molecule has 2 aliphatic carbocycles. The number of rotatable bonds is 32. The molecule has 0 fully saturated rings. The smallest absolute Gasteiger partial charge is 0.314 e. The van der Waals surface area contributed by atoms with E-state index in [1.165, 1.54) is 30.3 Å². The first-order chi connectivity index (χ1) is 39.1. The van der Waals surface area contributed by atoms with Crippen LogP contribution < -0.4 is 40.2 Å². The fraction of sp³-hybridized carbons (Fsp3) is 0.536. The number of unbranched alkanes of at least 4 members (excludes halogenated alkanes) is 1. The van der Waals surface area contributed by atoms with Gasteiger partial charge in [0.2, 0.25) is 20.0 Å². The highest BCUT2D eigenvalue weighted by Crippen LogP contribution is 2.42. The van der Waals surface area contributed by atoms with E-state index in [9.17, 15) is 35.2 Å². The molecule has 82 heavy (non-hydrogen) atoms. The standard InChI is InChI=1S/C31H46ClFN6O7S.C25H34ClFN2O5S/c1-21-17-23(7-8-28(21)46-29-25-18-22(32)19-26(33)24(25)20-27(29)39(3)4)47(42,43)38-12-14-45-16-15-44-13-11-37-31(41)36-10-6-5-9-35-30(40)34-2;1-5-9-32-11-12-33-10-8-28-35(30,31)19-6-7-24(17(2)13-19)34-25-21-14-18(26)15-22(27)20(21)16-23(25)29(3)4/h7-8,17-19,27,29,38H,5-6,9-16,20H2,1-4H3,(H2,34,35,40)(H2,36,37,41);6-7,13-15,23,25,28H,5,8-12,16H2,1-4H3/t27-,29-;23-,25-/m00/s1. The molecule has 0 radical (unpaired) electrons. The molecule has 4 atom stereocenters. The molecule has 0 spiro atoms. The van der Waals surface area contributed by atoms with Crippen LogP contribution in [0.15, 0.2) is 70.5 Å². The number of ether oxygens (including phenoxy) is 6. The molecular weight excluding hydrogens is 1150 g/mol. The molecule has 20 nitrogen and oxygen atoms in total. The van der Waals surface area contributed by atoms with Gasteiger partial charge in [0, 0.05) is 67.6 Å². The Hall–Kier alpha value is -4.96. The fourth-order valence-electron chi connectivity index (χ4n) is 9.03. The number of carbonyl (C=O) groups excluding carboxylic acids is 2. The number of urea groups is 2. The number of sulfonamides is 2. The Kier molecular flexibility index (Phi) is 27.7. The van der Waals surface area contributed by atoms with E-state index in [1.54, 1.807) is 51.2 Å². The average molecular weight is 1230 g/mol. The van der Waals surface area contributed by atoms with Crippen molar-refractivity contribution in [2.45, 2.75) is 87.0 Å². The maximum absolute atomic E-state index is 14.6. The van der Waals surface area contributed by atoms with Gasteiger partial charge in [-0.2, -0.15) is 0 Å². The predicted octanol–water partition coefficient (Wildman–Crippen LogP) is 6.83. The number of nitrogens with zero attached hydrogens (tertiary/aromatic N) is 2. The number of amides is 4. The molecule has 4 aromatic carbocycles. The Morgan fingerprint density at radius 3 is 1.34 bits per heavy atom. The van der Waals surface area contributed by atoms with Crippen molar-refractivity contribution in [3.63, 3.8) is 0 Å². The third-order valence-corrected chi connectivity index (χ3v) is 16.7. The second kappa shape index (κ2) is 33.5. The Bertz CT molecular complexity index is 2950. The van der Waals surface area contributed by atoms with Crippen molar-refractivity contribution >= 4 is 55.3 Å². The number of nitrogens with one attached hydrogen (secondary N) is 6. The van der Waals surface area contributed by atoms with Gasteiger partial charge < -0.3 is 59.5 Å². The van der Waals surface area contributed by atoms with E-state index in [4.69, 9.17) is 51.6 Å². The van der Waals surface area contributed by atoms with Crippen molar-refractivity contribution in [1.82, 2.24) is 40.5 Å². The zero-order chi connectivity index (χ0) is 60.0. The van der Waals surface area contributed by atoms with Crippen molar-refractivity contribution in [3.05, 3.63) is 116 Å². The Morgan fingerprint density at radius 2 is 0.951 bits per heavy atom. The molecule has 6 N–H and O–H groups in total. The molecule has 0 aliphatic heterocycles. The lowest BCUT2D eigenvalue weighted by molar-refractivity contribution is 0.0502. The zero-order valence-electron chi connectivity index (χ0n) is 47.9. The molecule has 2 aliphatic rings. The normalized spacial score (nSPS) is 16.6. The molecule has 0 saturated carbocycles. The van der Waals surface area contributed by atoms with Gasteiger partial charge in [-0.3, -0.25) is 0 Å². The van der Waals surface area contributed by atoms with Crippen LogP contribution in [0.3, 0.4) is 0 Å².